The van der Waals surface area contributed by atoms with E-state index in [-0.39, 0.29) is 5.91 Å². The van der Waals surface area contributed by atoms with Crippen LogP contribution in [-0.4, -0.2) is 16.9 Å². The summed E-state index contributed by atoms with van der Waals surface area (Å²) in [6.07, 6.45) is 2.66. The Balaban J connectivity index is 1.56. The molecule has 0 bridgehead atoms. The van der Waals surface area contributed by atoms with Crippen LogP contribution >= 0.6 is 0 Å². The summed E-state index contributed by atoms with van der Waals surface area (Å²) in [7, 11) is 0. The lowest BCUT2D eigenvalue weighted by atomic mass is 10.1. The smallest absolute Gasteiger partial charge is 0.257 e. The Labute approximate surface area is 159 Å². The minimum Gasteiger partial charge on any atom is -0.323 e. The molecule has 0 aliphatic carbocycles. The van der Waals surface area contributed by atoms with Crippen LogP contribution in [0.3, 0.4) is 0 Å². The molecular weight excluding hydrogens is 334 g/mol. The summed E-state index contributed by atoms with van der Waals surface area (Å²) < 4.78 is 0. The van der Waals surface area contributed by atoms with Crippen LogP contribution < -0.4 is 10.2 Å². The molecule has 0 spiro atoms. The van der Waals surface area contributed by atoms with Gasteiger partial charge in [-0.15, -0.1) is 0 Å². The zero-order chi connectivity index (χ0) is 19.0. The standard InChI is InChI=1S/C23H23N3O/c1-15-8-9-16(2)20(12-15)25-23(27)19-10-11-22(24-14-19)26-17(3)13-18-6-4-5-7-21(18)26/h4-12,14,17H,13H2,1-3H3,(H,25,27). The molecule has 1 N–H and O–H groups in total. The lowest BCUT2D eigenvalue weighted by Gasteiger charge is -2.23. The van der Waals surface area contributed by atoms with E-state index in [2.05, 4.69) is 46.4 Å². The molecule has 1 atom stereocenters. The van der Waals surface area contributed by atoms with Crippen molar-refractivity contribution < 1.29 is 4.79 Å². The third-order valence-corrected chi connectivity index (χ3v) is 5.11. The summed E-state index contributed by atoms with van der Waals surface area (Å²) in [5.74, 6) is 0.730. The highest BCUT2D eigenvalue weighted by Crippen LogP contribution is 2.37. The molecule has 4 heteroatoms. The Bertz CT molecular complexity index is 995. The average Bonchev–Trinajstić information content (AvgIpc) is 3.00. The highest BCUT2D eigenvalue weighted by atomic mass is 16.1. The first-order valence-corrected chi connectivity index (χ1v) is 9.25. The van der Waals surface area contributed by atoms with Crippen molar-refractivity contribution in [3.8, 4) is 0 Å². The van der Waals surface area contributed by atoms with Crippen LogP contribution in [0.5, 0.6) is 0 Å². The number of pyridine rings is 1. The predicted octanol–water partition coefficient (Wildman–Crippen LogP) is 5.03. The number of hydrogen-bond acceptors (Lipinski definition) is 3. The number of benzene rings is 2. The largest absolute Gasteiger partial charge is 0.323 e. The topological polar surface area (TPSA) is 45.2 Å². The van der Waals surface area contributed by atoms with Gasteiger partial charge in [0.15, 0.2) is 0 Å². The van der Waals surface area contributed by atoms with Crippen LogP contribution in [0.2, 0.25) is 0 Å². The number of carbonyl (C=O) groups is 1. The summed E-state index contributed by atoms with van der Waals surface area (Å²) in [4.78, 5) is 19.4. The maximum absolute atomic E-state index is 12.6. The number of nitrogens with zero attached hydrogens (tertiary/aromatic N) is 2. The Morgan fingerprint density at radius 2 is 1.93 bits per heavy atom. The van der Waals surface area contributed by atoms with Crippen LogP contribution in [0.25, 0.3) is 0 Å². The lowest BCUT2D eigenvalue weighted by molar-refractivity contribution is 0.102. The molecule has 4 nitrogen and oxygen atoms in total. The Kier molecular flexibility index (Phi) is 4.40. The van der Waals surface area contributed by atoms with Gasteiger partial charge in [-0.3, -0.25) is 4.79 Å². The first-order valence-electron chi connectivity index (χ1n) is 9.25. The first kappa shape index (κ1) is 17.3. The van der Waals surface area contributed by atoms with Gasteiger partial charge in [0.1, 0.15) is 5.82 Å². The van der Waals surface area contributed by atoms with Gasteiger partial charge in [0, 0.05) is 23.6 Å². The van der Waals surface area contributed by atoms with E-state index in [1.165, 1.54) is 11.3 Å². The fraction of sp³-hybridized carbons (Fsp3) is 0.217. The van der Waals surface area contributed by atoms with Crippen molar-refractivity contribution in [1.29, 1.82) is 0 Å². The van der Waals surface area contributed by atoms with Gasteiger partial charge in [-0.25, -0.2) is 4.98 Å². The molecule has 0 fully saturated rings. The number of anilines is 3. The van der Waals surface area contributed by atoms with Crippen LogP contribution in [-0.2, 0) is 6.42 Å². The van der Waals surface area contributed by atoms with Crippen LogP contribution in [0.4, 0.5) is 17.2 Å². The molecule has 2 aromatic carbocycles. The molecule has 1 aliphatic heterocycles. The van der Waals surface area contributed by atoms with E-state index in [0.29, 0.717) is 11.6 Å². The van der Waals surface area contributed by atoms with Gasteiger partial charge in [-0.1, -0.05) is 30.3 Å². The van der Waals surface area contributed by atoms with Crippen LogP contribution in [0.1, 0.15) is 34.0 Å². The Morgan fingerprint density at radius 3 is 2.70 bits per heavy atom. The zero-order valence-corrected chi connectivity index (χ0v) is 15.9. The highest BCUT2D eigenvalue weighted by Gasteiger charge is 2.27. The molecule has 1 aromatic heterocycles. The molecule has 0 saturated carbocycles. The minimum atomic E-state index is -0.141. The second-order valence-corrected chi connectivity index (χ2v) is 7.23. The van der Waals surface area contributed by atoms with E-state index in [4.69, 9.17) is 0 Å². The van der Waals surface area contributed by atoms with Crippen molar-refractivity contribution in [1.82, 2.24) is 4.98 Å². The van der Waals surface area contributed by atoms with Gasteiger partial charge in [-0.2, -0.15) is 0 Å². The van der Waals surface area contributed by atoms with E-state index >= 15 is 0 Å². The number of fused-ring (bicyclic) bond motifs is 1. The van der Waals surface area contributed by atoms with Gasteiger partial charge < -0.3 is 10.2 Å². The van der Waals surface area contributed by atoms with E-state index in [1.54, 1.807) is 6.20 Å². The lowest BCUT2D eigenvalue weighted by Crippen LogP contribution is -2.25. The summed E-state index contributed by atoms with van der Waals surface area (Å²) in [5, 5.41) is 2.99. The summed E-state index contributed by atoms with van der Waals surface area (Å²) >= 11 is 0. The maximum Gasteiger partial charge on any atom is 0.257 e. The van der Waals surface area contributed by atoms with Gasteiger partial charge in [-0.05, 0) is 68.1 Å². The van der Waals surface area contributed by atoms with E-state index in [1.807, 2.05) is 44.2 Å². The summed E-state index contributed by atoms with van der Waals surface area (Å²) in [5.41, 5.74) is 6.09. The van der Waals surface area contributed by atoms with Crippen molar-refractivity contribution in [2.75, 3.05) is 10.2 Å². The molecule has 136 valence electrons. The van der Waals surface area contributed by atoms with Crippen LogP contribution in [0, 0.1) is 13.8 Å². The Hall–Kier alpha value is -3.14. The van der Waals surface area contributed by atoms with Crippen molar-refractivity contribution in [2.24, 2.45) is 0 Å². The minimum absolute atomic E-state index is 0.141. The molecule has 4 rings (SSSR count). The molecule has 1 unspecified atom stereocenters. The van der Waals surface area contributed by atoms with Crippen molar-refractivity contribution in [2.45, 2.75) is 33.2 Å². The molecule has 0 saturated heterocycles. The fourth-order valence-corrected chi connectivity index (χ4v) is 3.64. The number of amides is 1. The molecule has 0 radical (unpaired) electrons. The number of carbonyl (C=O) groups excluding carboxylic acids is 1. The number of nitrogens with one attached hydrogen (secondary N) is 1. The third-order valence-electron chi connectivity index (χ3n) is 5.11. The van der Waals surface area contributed by atoms with Crippen molar-refractivity contribution in [3.05, 3.63) is 83.0 Å². The fourth-order valence-electron chi connectivity index (χ4n) is 3.64. The van der Waals surface area contributed by atoms with E-state index in [0.717, 1.165) is 29.1 Å². The number of rotatable bonds is 3. The second-order valence-electron chi connectivity index (χ2n) is 7.23. The number of para-hydroxylation sites is 1. The van der Waals surface area contributed by atoms with Crippen LogP contribution in [0.15, 0.2) is 60.8 Å². The maximum atomic E-state index is 12.6. The number of aryl methyl sites for hydroxylation is 2. The second kappa shape index (κ2) is 6.88. The third kappa shape index (κ3) is 3.31. The predicted molar refractivity (Wildman–Crippen MR) is 110 cm³/mol. The molecule has 1 amide bonds. The molecule has 27 heavy (non-hydrogen) atoms. The number of aromatic nitrogens is 1. The summed E-state index contributed by atoms with van der Waals surface area (Å²) in [6.45, 7) is 6.20. The van der Waals surface area contributed by atoms with Gasteiger partial charge in [0.25, 0.3) is 5.91 Å². The zero-order valence-electron chi connectivity index (χ0n) is 15.9. The highest BCUT2D eigenvalue weighted by molar-refractivity contribution is 6.04. The van der Waals surface area contributed by atoms with Gasteiger partial charge >= 0.3 is 0 Å². The average molecular weight is 357 g/mol. The van der Waals surface area contributed by atoms with Crippen molar-refractivity contribution >= 4 is 23.1 Å². The monoisotopic (exact) mass is 357 g/mol. The quantitative estimate of drug-likeness (QED) is 0.715. The molecule has 3 aromatic rings. The summed E-state index contributed by atoms with van der Waals surface area (Å²) in [6, 6.07) is 18.6. The van der Waals surface area contributed by atoms with E-state index in [9.17, 15) is 4.79 Å². The number of hydrogen-bond donors (Lipinski definition) is 1. The first-order chi connectivity index (χ1) is 13.0. The van der Waals surface area contributed by atoms with Gasteiger partial charge in [0.05, 0.1) is 5.56 Å². The molecule has 2 heterocycles. The SMILES string of the molecule is Cc1ccc(C)c(NC(=O)c2ccc(N3c4ccccc4CC3C)nc2)c1. The normalized spacial score (nSPS) is 15.5. The van der Waals surface area contributed by atoms with E-state index < -0.39 is 0 Å². The Morgan fingerprint density at radius 1 is 1.11 bits per heavy atom. The molecule has 1 aliphatic rings. The van der Waals surface area contributed by atoms with Gasteiger partial charge in [0.2, 0.25) is 0 Å². The molecular formula is C23H23N3O. The van der Waals surface area contributed by atoms with Crippen molar-refractivity contribution in [3.63, 3.8) is 0 Å².